The van der Waals surface area contributed by atoms with E-state index in [0.29, 0.717) is 11.4 Å². The summed E-state index contributed by atoms with van der Waals surface area (Å²) in [7, 11) is 0. The zero-order chi connectivity index (χ0) is 15.3. The Morgan fingerprint density at radius 1 is 1.20 bits per heavy atom. The highest BCUT2D eigenvalue weighted by Gasteiger charge is 2.17. The molecule has 0 spiro atoms. The van der Waals surface area contributed by atoms with Gasteiger partial charge in [0, 0.05) is 0 Å². The maximum absolute atomic E-state index is 11.6. The van der Waals surface area contributed by atoms with Crippen LogP contribution < -0.4 is 16.4 Å². The van der Waals surface area contributed by atoms with Crippen molar-refractivity contribution in [3.63, 3.8) is 0 Å². The van der Waals surface area contributed by atoms with Crippen LogP contribution in [0.25, 0.3) is 0 Å². The van der Waals surface area contributed by atoms with Gasteiger partial charge in [-0.3, -0.25) is 14.9 Å². The molecule has 8 nitrogen and oxygen atoms in total. The van der Waals surface area contributed by atoms with E-state index in [4.69, 9.17) is 5.73 Å². The largest absolute Gasteiger partial charge is 0.346 e. The molecular weight excluding hydrogens is 260 g/mol. The molecule has 8 heteroatoms. The molecule has 20 heavy (non-hydrogen) atoms. The van der Waals surface area contributed by atoms with Crippen molar-refractivity contribution in [3.05, 3.63) is 11.4 Å². The molecule has 1 atom stereocenters. The van der Waals surface area contributed by atoms with E-state index in [1.807, 2.05) is 13.8 Å². The summed E-state index contributed by atoms with van der Waals surface area (Å²) >= 11 is 0. The second-order valence-corrected chi connectivity index (χ2v) is 4.84. The molecule has 0 aliphatic heterocycles. The van der Waals surface area contributed by atoms with Gasteiger partial charge in [0.15, 0.2) is 0 Å². The molecule has 0 aromatic carbocycles. The second-order valence-electron chi connectivity index (χ2n) is 4.84. The maximum Gasteiger partial charge on any atom is 0.249 e. The van der Waals surface area contributed by atoms with E-state index in [1.54, 1.807) is 13.8 Å². The van der Waals surface area contributed by atoms with Crippen molar-refractivity contribution < 1.29 is 9.59 Å². The molecule has 0 saturated carbocycles. The summed E-state index contributed by atoms with van der Waals surface area (Å²) < 4.78 is 0. The lowest BCUT2D eigenvalue weighted by atomic mass is 10.1. The monoisotopic (exact) mass is 280 g/mol. The summed E-state index contributed by atoms with van der Waals surface area (Å²) in [6.45, 7) is 7.02. The quantitative estimate of drug-likeness (QED) is 0.670. The Bertz CT molecular complexity index is 503. The van der Waals surface area contributed by atoms with E-state index in [0.717, 1.165) is 0 Å². The highest BCUT2D eigenvalue weighted by atomic mass is 16.2. The molecule has 2 amide bonds. The van der Waals surface area contributed by atoms with E-state index >= 15 is 0 Å². The number of carbonyl (C=O) groups is 2. The van der Waals surface area contributed by atoms with Crippen LogP contribution in [0.2, 0.25) is 0 Å². The lowest BCUT2D eigenvalue weighted by Crippen LogP contribution is -2.46. The number of carbonyl (C=O) groups excluding carboxylic acids is 2. The summed E-state index contributed by atoms with van der Waals surface area (Å²) in [5, 5.41) is 12.5. The number of nitrogens with two attached hydrogens (primary N) is 1. The first kappa shape index (κ1) is 16.0. The fraction of sp³-hybridized carbons (Fsp3) is 0.583. The molecule has 0 saturated heterocycles. The smallest absolute Gasteiger partial charge is 0.249 e. The minimum Gasteiger partial charge on any atom is -0.346 e. The van der Waals surface area contributed by atoms with Crippen LogP contribution in [0.3, 0.4) is 0 Å². The summed E-state index contributed by atoms with van der Waals surface area (Å²) in [6, 6.07) is -0.637. The summed E-state index contributed by atoms with van der Waals surface area (Å²) in [5.74, 6) is -0.681. The Balaban J connectivity index is 2.48. The molecule has 1 heterocycles. The van der Waals surface area contributed by atoms with Crippen LogP contribution in [0, 0.1) is 19.8 Å². The third-order valence-corrected chi connectivity index (χ3v) is 2.79. The Labute approximate surface area is 117 Å². The topological polar surface area (TPSA) is 123 Å². The molecular formula is C12H20N6O2. The number of hydrogen-bond acceptors (Lipinski definition) is 6. The van der Waals surface area contributed by atoms with E-state index in [-0.39, 0.29) is 24.3 Å². The standard InChI is InChI=1S/C12H20N6O2/c1-6(2)10(13)11(20)14-5-9(19)16-12-15-7(3)8(4)17-18-12/h6,10H,5,13H2,1-4H3,(H,14,20)(H,15,16,18,19)/t10-/m0/s1. The van der Waals surface area contributed by atoms with E-state index in [2.05, 4.69) is 25.8 Å². The fourth-order valence-corrected chi connectivity index (χ4v) is 1.27. The molecule has 1 aromatic heterocycles. The molecule has 1 aromatic rings. The van der Waals surface area contributed by atoms with Gasteiger partial charge in [0.25, 0.3) is 0 Å². The first-order valence-corrected chi connectivity index (χ1v) is 6.32. The number of aromatic nitrogens is 3. The third kappa shape index (κ3) is 4.54. The van der Waals surface area contributed by atoms with Gasteiger partial charge in [0.05, 0.1) is 24.0 Å². The van der Waals surface area contributed by atoms with Crippen molar-refractivity contribution >= 4 is 17.8 Å². The Hall–Kier alpha value is -2.09. The van der Waals surface area contributed by atoms with Crippen LogP contribution in [-0.2, 0) is 9.59 Å². The van der Waals surface area contributed by atoms with Crippen LogP contribution in [0.5, 0.6) is 0 Å². The van der Waals surface area contributed by atoms with Gasteiger partial charge in [-0.25, -0.2) is 4.98 Å². The summed E-state index contributed by atoms with van der Waals surface area (Å²) in [6.07, 6.45) is 0. The van der Waals surface area contributed by atoms with Gasteiger partial charge in [-0.2, -0.15) is 5.10 Å². The van der Waals surface area contributed by atoms with Gasteiger partial charge in [-0.1, -0.05) is 13.8 Å². The van der Waals surface area contributed by atoms with Crippen molar-refractivity contribution in [2.24, 2.45) is 11.7 Å². The zero-order valence-corrected chi connectivity index (χ0v) is 12.1. The Morgan fingerprint density at radius 3 is 2.40 bits per heavy atom. The Morgan fingerprint density at radius 2 is 1.85 bits per heavy atom. The van der Waals surface area contributed by atoms with Gasteiger partial charge in [0.1, 0.15) is 0 Å². The minimum atomic E-state index is -0.637. The molecule has 0 fully saturated rings. The number of nitrogens with one attached hydrogen (secondary N) is 2. The van der Waals surface area contributed by atoms with Crippen LogP contribution in [0.15, 0.2) is 0 Å². The molecule has 0 aliphatic carbocycles. The Kier molecular flexibility index (Phi) is 5.51. The average molecular weight is 280 g/mol. The maximum atomic E-state index is 11.6. The number of amides is 2. The van der Waals surface area contributed by atoms with Crippen molar-refractivity contribution in [1.29, 1.82) is 0 Å². The van der Waals surface area contributed by atoms with Gasteiger partial charge >= 0.3 is 0 Å². The van der Waals surface area contributed by atoms with Gasteiger partial charge in [-0.15, -0.1) is 5.10 Å². The number of aryl methyl sites for hydroxylation is 2. The molecule has 0 radical (unpaired) electrons. The summed E-state index contributed by atoms with van der Waals surface area (Å²) in [4.78, 5) is 27.3. The van der Waals surface area contributed by atoms with Crippen molar-refractivity contribution in [2.75, 3.05) is 11.9 Å². The van der Waals surface area contributed by atoms with Gasteiger partial charge in [0.2, 0.25) is 17.8 Å². The SMILES string of the molecule is Cc1nnc(NC(=O)CNC(=O)[C@@H](N)C(C)C)nc1C. The molecule has 110 valence electrons. The zero-order valence-electron chi connectivity index (χ0n) is 12.1. The predicted octanol–water partition coefficient (Wildman–Crippen LogP) is -0.474. The molecule has 4 N–H and O–H groups in total. The normalized spacial score (nSPS) is 12.1. The molecule has 0 bridgehead atoms. The average Bonchev–Trinajstić information content (AvgIpc) is 2.39. The lowest BCUT2D eigenvalue weighted by Gasteiger charge is -2.14. The van der Waals surface area contributed by atoms with Crippen LogP contribution in [-0.4, -0.2) is 39.6 Å². The van der Waals surface area contributed by atoms with Crippen LogP contribution in [0.1, 0.15) is 25.2 Å². The molecule has 0 unspecified atom stereocenters. The van der Waals surface area contributed by atoms with Crippen molar-refractivity contribution in [3.8, 4) is 0 Å². The first-order chi connectivity index (χ1) is 9.31. The van der Waals surface area contributed by atoms with E-state index < -0.39 is 11.9 Å². The van der Waals surface area contributed by atoms with Gasteiger partial charge in [-0.05, 0) is 19.8 Å². The highest BCUT2D eigenvalue weighted by molar-refractivity contribution is 5.94. The van der Waals surface area contributed by atoms with Crippen molar-refractivity contribution in [2.45, 2.75) is 33.7 Å². The minimum absolute atomic E-state index is 0.00495. The van der Waals surface area contributed by atoms with Crippen molar-refractivity contribution in [1.82, 2.24) is 20.5 Å². The number of anilines is 1. The van der Waals surface area contributed by atoms with Crippen LogP contribution >= 0.6 is 0 Å². The lowest BCUT2D eigenvalue weighted by molar-refractivity contribution is -0.125. The van der Waals surface area contributed by atoms with E-state index in [1.165, 1.54) is 0 Å². The predicted molar refractivity (Wildman–Crippen MR) is 73.8 cm³/mol. The second kappa shape index (κ2) is 6.90. The molecule has 0 aliphatic rings. The van der Waals surface area contributed by atoms with Crippen LogP contribution in [0.4, 0.5) is 5.95 Å². The highest BCUT2D eigenvalue weighted by Crippen LogP contribution is 2.01. The molecule has 1 rings (SSSR count). The fourth-order valence-electron chi connectivity index (χ4n) is 1.27. The first-order valence-electron chi connectivity index (χ1n) is 6.32. The number of hydrogen-bond donors (Lipinski definition) is 3. The number of nitrogens with zero attached hydrogens (tertiary/aromatic N) is 3. The van der Waals surface area contributed by atoms with Gasteiger partial charge < -0.3 is 11.1 Å². The summed E-state index contributed by atoms with van der Waals surface area (Å²) in [5.41, 5.74) is 7.03. The van der Waals surface area contributed by atoms with E-state index in [9.17, 15) is 9.59 Å². The third-order valence-electron chi connectivity index (χ3n) is 2.79. The number of rotatable bonds is 5.